The molecular formula is C12H19N5. The summed E-state index contributed by atoms with van der Waals surface area (Å²) >= 11 is 0. The van der Waals surface area contributed by atoms with Crippen molar-refractivity contribution in [3.8, 4) is 0 Å². The Morgan fingerprint density at radius 3 is 2.94 bits per heavy atom. The first-order valence-corrected chi connectivity index (χ1v) is 6.18. The van der Waals surface area contributed by atoms with Crippen LogP contribution < -0.4 is 5.73 Å². The topological polar surface area (TPSA) is 68.6 Å². The molecule has 1 aromatic heterocycles. The average molecular weight is 233 g/mol. The van der Waals surface area contributed by atoms with E-state index in [0.717, 1.165) is 37.2 Å². The van der Waals surface area contributed by atoms with Crippen LogP contribution in [0.15, 0.2) is 22.5 Å². The van der Waals surface area contributed by atoms with Gasteiger partial charge in [0.25, 0.3) is 0 Å². The van der Waals surface area contributed by atoms with Gasteiger partial charge in [0, 0.05) is 25.1 Å². The second kappa shape index (κ2) is 5.12. The minimum Gasteiger partial charge on any atom is -0.386 e. The summed E-state index contributed by atoms with van der Waals surface area (Å²) in [5.41, 5.74) is 7.83. The third-order valence-electron chi connectivity index (χ3n) is 3.04. The van der Waals surface area contributed by atoms with Crippen molar-refractivity contribution in [2.75, 3.05) is 0 Å². The predicted molar refractivity (Wildman–Crippen MR) is 69.1 cm³/mol. The van der Waals surface area contributed by atoms with Gasteiger partial charge in [-0.3, -0.25) is 4.68 Å². The zero-order valence-corrected chi connectivity index (χ0v) is 10.4. The maximum absolute atomic E-state index is 5.73. The van der Waals surface area contributed by atoms with Crippen LogP contribution in [0, 0.1) is 5.92 Å². The monoisotopic (exact) mass is 233 g/mol. The minimum absolute atomic E-state index is 0.361. The Morgan fingerprint density at radius 2 is 2.24 bits per heavy atom. The van der Waals surface area contributed by atoms with Gasteiger partial charge < -0.3 is 5.73 Å². The lowest BCUT2D eigenvalue weighted by molar-refractivity contribution is 0.588. The number of nitrogens with zero attached hydrogens (tertiary/aromatic N) is 4. The molecule has 0 spiro atoms. The summed E-state index contributed by atoms with van der Waals surface area (Å²) in [5, 5.41) is 12.6. The van der Waals surface area contributed by atoms with Gasteiger partial charge in [-0.2, -0.15) is 10.2 Å². The number of hydrogen-bond donors (Lipinski definition) is 1. The second-order valence-electron chi connectivity index (χ2n) is 4.33. The molecule has 0 amide bonds. The number of nitrogens with two attached hydrogens (primary N) is 1. The van der Waals surface area contributed by atoms with Crippen LogP contribution in [0.5, 0.6) is 0 Å². The average Bonchev–Trinajstić information content (AvgIpc) is 2.77. The van der Waals surface area contributed by atoms with E-state index < -0.39 is 0 Å². The van der Waals surface area contributed by atoms with Gasteiger partial charge in [-0.25, -0.2) is 0 Å². The van der Waals surface area contributed by atoms with Crippen LogP contribution in [0.1, 0.15) is 38.8 Å². The molecule has 5 nitrogen and oxygen atoms in total. The smallest absolute Gasteiger partial charge is 0.123 e. The molecule has 1 aromatic rings. The maximum Gasteiger partial charge on any atom is 0.123 e. The number of aryl methyl sites for hydroxylation is 1. The van der Waals surface area contributed by atoms with Gasteiger partial charge in [-0.05, 0) is 18.9 Å². The van der Waals surface area contributed by atoms with Crippen molar-refractivity contribution in [3.63, 3.8) is 0 Å². The quantitative estimate of drug-likeness (QED) is 0.861. The van der Waals surface area contributed by atoms with Crippen LogP contribution >= 0.6 is 0 Å². The molecule has 17 heavy (non-hydrogen) atoms. The molecule has 2 heterocycles. The van der Waals surface area contributed by atoms with E-state index in [2.05, 4.69) is 29.1 Å². The zero-order valence-electron chi connectivity index (χ0n) is 10.4. The lowest BCUT2D eigenvalue weighted by Gasteiger charge is -2.20. The van der Waals surface area contributed by atoms with E-state index in [-0.39, 0.29) is 0 Å². The molecule has 0 bridgehead atoms. The molecule has 1 aliphatic rings. The first-order chi connectivity index (χ1) is 8.26. The van der Waals surface area contributed by atoms with Crippen molar-refractivity contribution in [3.05, 3.63) is 18.0 Å². The fourth-order valence-electron chi connectivity index (χ4n) is 2.13. The van der Waals surface area contributed by atoms with E-state index in [1.54, 1.807) is 0 Å². The van der Waals surface area contributed by atoms with E-state index in [1.807, 2.05) is 16.9 Å². The molecule has 1 atom stereocenters. The predicted octanol–water partition coefficient (Wildman–Crippen LogP) is 1.78. The summed E-state index contributed by atoms with van der Waals surface area (Å²) in [6.45, 7) is 5.21. The van der Waals surface area contributed by atoms with E-state index >= 15 is 0 Å². The summed E-state index contributed by atoms with van der Waals surface area (Å²) in [5.74, 6) is 0.988. The molecular weight excluding hydrogens is 214 g/mol. The molecule has 0 aliphatic carbocycles. The van der Waals surface area contributed by atoms with Crippen molar-refractivity contribution >= 4 is 11.5 Å². The molecule has 0 saturated heterocycles. The Morgan fingerprint density at radius 1 is 1.41 bits per heavy atom. The second-order valence-corrected chi connectivity index (χ2v) is 4.33. The third kappa shape index (κ3) is 2.38. The standard InChI is InChI=1S/C12H19N5/c1-3-7-17-10(5-6-14-17)12-9(4-2)8-11(13)15-16-12/h5-6,9H,3-4,7-8H2,1-2H3,(H2,13,15). The van der Waals surface area contributed by atoms with Crippen molar-refractivity contribution in [1.29, 1.82) is 0 Å². The molecule has 92 valence electrons. The van der Waals surface area contributed by atoms with Crippen molar-refractivity contribution in [2.24, 2.45) is 21.9 Å². The highest BCUT2D eigenvalue weighted by Gasteiger charge is 2.23. The molecule has 0 saturated carbocycles. The number of aromatic nitrogens is 2. The Balaban J connectivity index is 2.34. The highest BCUT2D eigenvalue weighted by molar-refractivity contribution is 6.04. The van der Waals surface area contributed by atoms with Crippen LogP contribution in [-0.4, -0.2) is 21.3 Å². The van der Waals surface area contributed by atoms with Gasteiger partial charge in [0.15, 0.2) is 0 Å². The zero-order chi connectivity index (χ0) is 12.3. The van der Waals surface area contributed by atoms with E-state index in [9.17, 15) is 0 Å². The van der Waals surface area contributed by atoms with Crippen LogP contribution in [0.25, 0.3) is 0 Å². The van der Waals surface area contributed by atoms with Crippen LogP contribution in [-0.2, 0) is 6.54 Å². The fraction of sp³-hybridized carbons (Fsp3) is 0.583. The van der Waals surface area contributed by atoms with E-state index in [4.69, 9.17) is 5.73 Å². The van der Waals surface area contributed by atoms with Crippen LogP contribution in [0.3, 0.4) is 0 Å². The van der Waals surface area contributed by atoms with Gasteiger partial charge in [0.1, 0.15) is 5.84 Å². The molecule has 1 aliphatic heterocycles. The highest BCUT2D eigenvalue weighted by atomic mass is 15.3. The Hall–Kier alpha value is -1.65. The molecule has 0 fully saturated rings. The summed E-state index contributed by atoms with van der Waals surface area (Å²) < 4.78 is 2.00. The molecule has 2 rings (SSSR count). The first kappa shape index (κ1) is 11.8. The first-order valence-electron chi connectivity index (χ1n) is 6.18. The molecule has 1 unspecified atom stereocenters. The maximum atomic E-state index is 5.73. The number of rotatable bonds is 4. The third-order valence-corrected chi connectivity index (χ3v) is 3.04. The SMILES string of the molecule is CCCn1nccc1C1=NN=C(N)CC1CC. The summed E-state index contributed by atoms with van der Waals surface area (Å²) in [6.07, 6.45) is 4.70. The van der Waals surface area contributed by atoms with Crippen molar-refractivity contribution < 1.29 is 0 Å². The minimum atomic E-state index is 0.361. The lowest BCUT2D eigenvalue weighted by Crippen LogP contribution is -2.28. The lowest BCUT2D eigenvalue weighted by atomic mass is 9.93. The largest absolute Gasteiger partial charge is 0.386 e. The van der Waals surface area contributed by atoms with Crippen molar-refractivity contribution in [2.45, 2.75) is 39.7 Å². The summed E-state index contributed by atoms with van der Waals surface area (Å²) in [6, 6.07) is 2.01. The van der Waals surface area contributed by atoms with E-state index in [0.29, 0.717) is 11.8 Å². The fourth-order valence-corrected chi connectivity index (χ4v) is 2.13. The Labute approximate surface area is 101 Å². The van der Waals surface area contributed by atoms with E-state index in [1.165, 1.54) is 0 Å². The van der Waals surface area contributed by atoms with Crippen LogP contribution in [0.4, 0.5) is 0 Å². The Bertz CT molecular complexity index is 444. The molecule has 0 aromatic carbocycles. The Kier molecular flexibility index (Phi) is 3.56. The molecule has 5 heteroatoms. The van der Waals surface area contributed by atoms with Crippen LogP contribution in [0.2, 0.25) is 0 Å². The summed E-state index contributed by atoms with van der Waals surface area (Å²) in [4.78, 5) is 0. The molecule has 0 radical (unpaired) electrons. The van der Waals surface area contributed by atoms with Gasteiger partial charge in [0.2, 0.25) is 0 Å². The molecule has 2 N–H and O–H groups in total. The van der Waals surface area contributed by atoms with Gasteiger partial charge in [0.05, 0.1) is 11.4 Å². The van der Waals surface area contributed by atoms with Gasteiger partial charge in [-0.1, -0.05) is 13.8 Å². The van der Waals surface area contributed by atoms with Crippen molar-refractivity contribution in [1.82, 2.24) is 9.78 Å². The summed E-state index contributed by atoms with van der Waals surface area (Å²) in [7, 11) is 0. The van der Waals surface area contributed by atoms with Gasteiger partial charge >= 0.3 is 0 Å². The van der Waals surface area contributed by atoms with Gasteiger partial charge in [-0.15, -0.1) is 5.10 Å². The highest BCUT2D eigenvalue weighted by Crippen LogP contribution is 2.20. The number of hydrogen-bond acceptors (Lipinski definition) is 4. The normalized spacial score (nSPS) is 20.0. The number of amidine groups is 1.